The first-order valence-electron chi connectivity index (χ1n) is 17.9. The van der Waals surface area contributed by atoms with Crippen LogP contribution < -0.4 is 21.3 Å². The van der Waals surface area contributed by atoms with E-state index in [9.17, 15) is 32.4 Å². The van der Waals surface area contributed by atoms with Crippen LogP contribution in [-0.2, 0) is 29.0 Å². The summed E-state index contributed by atoms with van der Waals surface area (Å²) in [5.74, 6) is -2.44. The van der Waals surface area contributed by atoms with Gasteiger partial charge in [0.15, 0.2) is 9.84 Å². The Bertz CT molecular complexity index is 1430. The molecule has 0 aromatic heterocycles. The SMILES string of the molecule is C=CCNC(=O)C(=O)C(CC1CC1)NC(=O)[C@@H]1[C@@H]2C(CN1C(=O)[C@@H](NC(=O)NC1(CS(=O)(=O)C(C)(C)C)CCCCC1)C(C)(C)C)C2(C)C. The Labute approximate surface area is 292 Å². The molecule has 49 heavy (non-hydrogen) atoms. The van der Waals surface area contributed by atoms with Gasteiger partial charge in [0, 0.05) is 13.1 Å². The smallest absolute Gasteiger partial charge is 0.315 e. The number of carbonyl (C=O) groups is 5. The van der Waals surface area contributed by atoms with Crippen LogP contribution in [0.1, 0.15) is 107 Å². The Kier molecular flexibility index (Phi) is 11.1. The number of nitrogens with one attached hydrogen (secondary N) is 4. The first kappa shape index (κ1) is 38.8. The lowest BCUT2D eigenvalue weighted by Crippen LogP contribution is -2.64. The van der Waals surface area contributed by atoms with Crippen molar-refractivity contribution in [1.82, 2.24) is 26.2 Å². The van der Waals surface area contributed by atoms with Gasteiger partial charge in [-0.2, -0.15) is 0 Å². The van der Waals surface area contributed by atoms with Crippen LogP contribution in [0.25, 0.3) is 0 Å². The Hall–Kier alpha value is -2.96. The van der Waals surface area contributed by atoms with E-state index in [1.165, 1.54) is 11.0 Å². The van der Waals surface area contributed by atoms with E-state index in [1.807, 2.05) is 20.8 Å². The number of nitrogens with zero attached hydrogens (tertiary/aromatic N) is 1. The molecule has 3 saturated carbocycles. The molecular weight excluding hydrogens is 646 g/mol. The highest BCUT2D eigenvalue weighted by atomic mass is 32.2. The third-order valence-electron chi connectivity index (χ3n) is 11.3. The molecule has 13 heteroatoms. The summed E-state index contributed by atoms with van der Waals surface area (Å²) in [6, 6.07) is -3.54. The van der Waals surface area contributed by atoms with Crippen molar-refractivity contribution in [2.75, 3.05) is 18.8 Å². The van der Waals surface area contributed by atoms with Crippen molar-refractivity contribution in [2.45, 2.75) is 135 Å². The van der Waals surface area contributed by atoms with Crippen molar-refractivity contribution >= 4 is 39.4 Å². The number of urea groups is 1. The maximum atomic E-state index is 14.5. The van der Waals surface area contributed by atoms with Crippen LogP contribution in [0.15, 0.2) is 12.7 Å². The molecule has 4 rings (SSSR count). The molecule has 0 radical (unpaired) electrons. The number of carbonyl (C=O) groups excluding carboxylic acids is 5. The molecular formula is C36H59N5O7S. The van der Waals surface area contributed by atoms with Crippen molar-refractivity contribution in [2.24, 2.45) is 28.6 Å². The predicted molar refractivity (Wildman–Crippen MR) is 188 cm³/mol. The summed E-state index contributed by atoms with van der Waals surface area (Å²) in [7, 11) is -3.56. The largest absolute Gasteiger partial charge is 0.346 e. The molecule has 0 bridgehead atoms. The van der Waals surface area contributed by atoms with Crippen molar-refractivity contribution < 1.29 is 32.4 Å². The number of rotatable bonds is 13. The summed E-state index contributed by atoms with van der Waals surface area (Å²) in [6.07, 6.45) is 7.21. The zero-order chi connectivity index (χ0) is 36.7. The number of fused-ring (bicyclic) bond motifs is 1. The highest BCUT2D eigenvalue weighted by molar-refractivity contribution is 7.92. The maximum Gasteiger partial charge on any atom is 0.315 e. The Morgan fingerprint density at radius 1 is 0.959 bits per heavy atom. The average molecular weight is 706 g/mol. The minimum absolute atomic E-state index is 0.0585. The molecule has 0 aromatic rings. The fourth-order valence-corrected chi connectivity index (χ4v) is 9.26. The van der Waals surface area contributed by atoms with Gasteiger partial charge in [0.1, 0.15) is 12.1 Å². The zero-order valence-electron chi connectivity index (χ0n) is 30.7. The molecule has 4 fully saturated rings. The van der Waals surface area contributed by atoms with Crippen molar-refractivity contribution in [3.63, 3.8) is 0 Å². The predicted octanol–water partition coefficient (Wildman–Crippen LogP) is 3.26. The van der Waals surface area contributed by atoms with E-state index in [1.54, 1.807) is 20.8 Å². The number of Topliss-reactive ketones (excluding diaryl/α,β-unsaturated/α-hetero) is 1. The van der Waals surface area contributed by atoms with Gasteiger partial charge in [-0.15, -0.1) is 6.58 Å². The van der Waals surface area contributed by atoms with E-state index >= 15 is 0 Å². The standard InChI is InChI=1S/C36H59N5O7S/c1-10-18-37-30(44)27(42)24(19-22-14-15-22)38-29(43)26-25-23(35(25,8)9)20-41(26)31(45)28(33(2,3)4)39-32(46)40-36(16-12-11-13-17-36)21-49(47,48)34(5,6)7/h10,22-26,28H,1,11-21H2,2-9H3,(H,37,44)(H,38,43)(H2,39,40,46)/t23?,24?,25-,26-,28+/m0/s1. The number of ketones is 1. The van der Waals surface area contributed by atoms with Crippen molar-refractivity contribution in [1.29, 1.82) is 0 Å². The lowest BCUT2D eigenvalue weighted by atomic mass is 9.83. The second kappa shape index (κ2) is 14.0. The number of hydrogen-bond donors (Lipinski definition) is 4. The van der Waals surface area contributed by atoms with Crippen molar-refractivity contribution in [3.05, 3.63) is 12.7 Å². The lowest BCUT2D eigenvalue weighted by molar-refractivity contribution is -0.145. The van der Waals surface area contributed by atoms with E-state index in [4.69, 9.17) is 0 Å². The minimum Gasteiger partial charge on any atom is -0.346 e. The van der Waals surface area contributed by atoms with Gasteiger partial charge < -0.3 is 26.2 Å². The van der Waals surface area contributed by atoms with E-state index in [2.05, 4.69) is 41.7 Å². The van der Waals surface area contributed by atoms with Crippen LogP contribution in [0.5, 0.6) is 0 Å². The van der Waals surface area contributed by atoms with Crippen LogP contribution in [0.4, 0.5) is 4.79 Å². The van der Waals surface area contributed by atoms with E-state index in [-0.39, 0.29) is 35.5 Å². The Balaban J connectivity index is 1.55. The topological polar surface area (TPSA) is 171 Å². The monoisotopic (exact) mass is 705 g/mol. The first-order valence-corrected chi connectivity index (χ1v) is 19.5. The normalized spacial score (nSPS) is 25.6. The number of amides is 5. The van der Waals surface area contributed by atoms with Crippen molar-refractivity contribution in [3.8, 4) is 0 Å². The van der Waals surface area contributed by atoms with E-state index in [0.29, 0.717) is 25.8 Å². The van der Waals surface area contributed by atoms with Gasteiger partial charge >= 0.3 is 6.03 Å². The van der Waals surface area contributed by atoms with E-state index < -0.39 is 73.2 Å². The molecule has 276 valence electrons. The molecule has 1 heterocycles. The van der Waals surface area contributed by atoms with Gasteiger partial charge in [-0.25, -0.2) is 13.2 Å². The molecule has 12 nitrogen and oxygen atoms in total. The zero-order valence-corrected chi connectivity index (χ0v) is 31.6. The number of sulfone groups is 1. The summed E-state index contributed by atoms with van der Waals surface area (Å²) in [5.41, 5.74) is -1.92. The van der Waals surface area contributed by atoms with Gasteiger partial charge in [-0.3, -0.25) is 19.2 Å². The molecule has 0 spiro atoms. The molecule has 0 aromatic carbocycles. The number of likely N-dealkylation sites (tertiary alicyclic amines) is 1. The third kappa shape index (κ3) is 8.68. The molecule has 4 N–H and O–H groups in total. The van der Waals surface area contributed by atoms with Crippen LogP contribution in [0, 0.1) is 28.6 Å². The second-order valence-corrected chi connectivity index (χ2v) is 20.3. The Morgan fingerprint density at radius 3 is 2.10 bits per heavy atom. The van der Waals surface area contributed by atoms with Crippen LogP contribution in [-0.4, -0.2) is 90.1 Å². The summed E-state index contributed by atoms with van der Waals surface area (Å²) in [5, 5.41) is 11.2. The molecule has 4 aliphatic rings. The van der Waals surface area contributed by atoms with Crippen LogP contribution in [0.2, 0.25) is 0 Å². The molecule has 1 saturated heterocycles. The molecule has 5 atom stereocenters. The van der Waals surface area contributed by atoms with Gasteiger partial charge in [-0.1, -0.05) is 72.8 Å². The number of hydrogen-bond acceptors (Lipinski definition) is 7. The molecule has 5 amide bonds. The van der Waals surface area contributed by atoms with Gasteiger partial charge in [0.25, 0.3) is 5.91 Å². The summed E-state index contributed by atoms with van der Waals surface area (Å²) < 4.78 is 25.6. The molecule has 1 aliphatic heterocycles. The maximum absolute atomic E-state index is 14.5. The van der Waals surface area contributed by atoms with Gasteiger partial charge in [0.05, 0.1) is 22.1 Å². The Morgan fingerprint density at radius 2 is 1.57 bits per heavy atom. The summed E-state index contributed by atoms with van der Waals surface area (Å²) in [4.78, 5) is 69.6. The fraction of sp³-hybridized carbons (Fsp3) is 0.806. The molecule has 3 aliphatic carbocycles. The van der Waals surface area contributed by atoms with Crippen LogP contribution in [0.3, 0.4) is 0 Å². The summed E-state index contributed by atoms with van der Waals surface area (Å²) in [6.45, 7) is 18.6. The first-order chi connectivity index (χ1) is 22.5. The van der Waals surface area contributed by atoms with Gasteiger partial charge in [-0.05, 0) is 68.6 Å². The molecule has 2 unspecified atom stereocenters. The quantitative estimate of drug-likeness (QED) is 0.168. The van der Waals surface area contributed by atoms with E-state index in [0.717, 1.165) is 32.1 Å². The summed E-state index contributed by atoms with van der Waals surface area (Å²) >= 11 is 0. The highest BCUT2D eigenvalue weighted by Crippen LogP contribution is 2.65. The minimum atomic E-state index is -3.56. The third-order valence-corrected chi connectivity index (χ3v) is 14.1. The average Bonchev–Trinajstić information content (AvgIpc) is 3.84. The highest BCUT2D eigenvalue weighted by Gasteiger charge is 2.70. The van der Waals surface area contributed by atoms with Crippen LogP contribution >= 0.6 is 0 Å². The fourth-order valence-electron chi connectivity index (χ4n) is 7.74. The second-order valence-electron chi connectivity index (χ2n) is 17.6. The van der Waals surface area contributed by atoms with Gasteiger partial charge in [0.2, 0.25) is 17.6 Å². The number of piperidine rings is 1. The lowest BCUT2D eigenvalue weighted by Gasteiger charge is -2.41.